The van der Waals surface area contributed by atoms with Gasteiger partial charge in [-0.1, -0.05) is 36.4 Å². The number of phenols is 2. The van der Waals surface area contributed by atoms with Gasteiger partial charge in [0.15, 0.2) is 11.5 Å². The number of benzene rings is 2. The van der Waals surface area contributed by atoms with E-state index in [1.165, 1.54) is 25.1 Å². The van der Waals surface area contributed by atoms with Crippen LogP contribution in [0.15, 0.2) is 48.5 Å². The number of carboxylic acids is 1. The molecule has 0 bridgehead atoms. The Labute approximate surface area is 150 Å². The Morgan fingerprint density at radius 3 is 2.35 bits per heavy atom. The summed E-state index contributed by atoms with van der Waals surface area (Å²) in [5, 5.41) is 28.3. The molecule has 1 unspecified atom stereocenters. The van der Waals surface area contributed by atoms with E-state index >= 15 is 0 Å². The monoisotopic (exact) mass is 360 g/mol. The van der Waals surface area contributed by atoms with Gasteiger partial charge in [0.05, 0.1) is 0 Å². The summed E-state index contributed by atoms with van der Waals surface area (Å²) in [6.45, 7) is 1.42. The maximum absolute atomic E-state index is 11.8. The van der Waals surface area contributed by atoms with Crippen molar-refractivity contribution in [3.63, 3.8) is 0 Å². The van der Waals surface area contributed by atoms with E-state index in [2.05, 4.69) is 10.9 Å². The molecular weight excluding hydrogens is 340 g/mol. The molecule has 0 aliphatic carbocycles. The van der Waals surface area contributed by atoms with Crippen LogP contribution in [0.3, 0.4) is 0 Å². The smallest absolute Gasteiger partial charge is 0.421 e. The molecule has 2 aromatic rings. The Balaban J connectivity index is 1.94. The van der Waals surface area contributed by atoms with E-state index in [-0.39, 0.29) is 24.5 Å². The molecule has 8 heteroatoms. The summed E-state index contributed by atoms with van der Waals surface area (Å²) in [5.74, 6) is -1.87. The molecule has 0 heterocycles. The van der Waals surface area contributed by atoms with Crippen LogP contribution in [-0.4, -0.2) is 32.9 Å². The van der Waals surface area contributed by atoms with Crippen molar-refractivity contribution >= 4 is 12.1 Å². The second-order valence-electron chi connectivity index (χ2n) is 5.95. The van der Waals surface area contributed by atoms with Crippen LogP contribution < -0.4 is 10.9 Å². The molecule has 0 aromatic heterocycles. The van der Waals surface area contributed by atoms with E-state index in [9.17, 15) is 24.9 Å². The molecule has 0 radical (unpaired) electrons. The lowest BCUT2D eigenvalue weighted by molar-refractivity contribution is -0.144. The third kappa shape index (κ3) is 5.12. The number of carboxylic acid groups (broad SMARTS) is 1. The zero-order chi connectivity index (χ0) is 19.2. The molecule has 0 fully saturated rings. The summed E-state index contributed by atoms with van der Waals surface area (Å²) in [6, 6.07) is 13.0. The van der Waals surface area contributed by atoms with Gasteiger partial charge in [-0.25, -0.2) is 10.2 Å². The third-order valence-electron chi connectivity index (χ3n) is 3.72. The van der Waals surface area contributed by atoms with Crippen molar-refractivity contribution in [3.8, 4) is 11.5 Å². The van der Waals surface area contributed by atoms with Crippen molar-refractivity contribution in [1.82, 2.24) is 10.9 Å². The molecule has 0 aliphatic rings. The normalized spacial score (nSPS) is 12.8. The topological polar surface area (TPSA) is 128 Å². The van der Waals surface area contributed by atoms with Crippen LogP contribution in [0.5, 0.6) is 11.5 Å². The van der Waals surface area contributed by atoms with Gasteiger partial charge in [-0.15, -0.1) is 0 Å². The molecule has 8 nitrogen and oxygen atoms in total. The van der Waals surface area contributed by atoms with Gasteiger partial charge < -0.3 is 20.1 Å². The van der Waals surface area contributed by atoms with Gasteiger partial charge in [0, 0.05) is 6.42 Å². The van der Waals surface area contributed by atoms with Crippen LogP contribution in [0.25, 0.3) is 0 Å². The van der Waals surface area contributed by atoms with Crippen LogP contribution in [-0.2, 0) is 22.6 Å². The van der Waals surface area contributed by atoms with E-state index in [1.54, 1.807) is 12.1 Å². The number of hydrogen-bond donors (Lipinski definition) is 5. The average Bonchev–Trinajstić information content (AvgIpc) is 2.62. The molecule has 5 N–H and O–H groups in total. The second kappa shape index (κ2) is 8.21. The highest BCUT2D eigenvalue weighted by Gasteiger charge is 2.34. The molecule has 1 atom stereocenters. The second-order valence-corrected chi connectivity index (χ2v) is 5.95. The number of hydrogen-bond acceptors (Lipinski definition) is 6. The number of rotatable bonds is 7. The van der Waals surface area contributed by atoms with Gasteiger partial charge in [-0.05, 0) is 30.2 Å². The van der Waals surface area contributed by atoms with Crippen LogP contribution in [0.2, 0.25) is 0 Å². The quantitative estimate of drug-likeness (QED) is 0.377. The van der Waals surface area contributed by atoms with Crippen molar-refractivity contribution in [2.45, 2.75) is 25.5 Å². The summed E-state index contributed by atoms with van der Waals surface area (Å²) < 4.78 is 5.01. The fourth-order valence-corrected chi connectivity index (χ4v) is 2.21. The average molecular weight is 360 g/mol. The van der Waals surface area contributed by atoms with Crippen molar-refractivity contribution in [3.05, 3.63) is 59.7 Å². The molecule has 0 saturated carbocycles. The van der Waals surface area contributed by atoms with E-state index < -0.39 is 17.6 Å². The zero-order valence-corrected chi connectivity index (χ0v) is 14.1. The number of carbonyl (C=O) groups is 2. The van der Waals surface area contributed by atoms with Gasteiger partial charge in [-0.2, -0.15) is 0 Å². The number of phenolic OH excluding ortho intramolecular Hbond substituents is 2. The minimum atomic E-state index is -1.56. The zero-order valence-electron chi connectivity index (χ0n) is 14.1. The van der Waals surface area contributed by atoms with Crippen molar-refractivity contribution in [2.75, 3.05) is 0 Å². The van der Waals surface area contributed by atoms with Gasteiger partial charge in [0.2, 0.25) is 0 Å². The Kier molecular flexibility index (Phi) is 6.03. The highest BCUT2D eigenvalue weighted by Crippen LogP contribution is 2.26. The van der Waals surface area contributed by atoms with Crippen LogP contribution in [0, 0.1) is 0 Å². The first-order valence-corrected chi connectivity index (χ1v) is 7.78. The van der Waals surface area contributed by atoms with E-state index in [0.29, 0.717) is 5.56 Å². The van der Waals surface area contributed by atoms with Crippen LogP contribution in [0.1, 0.15) is 18.1 Å². The summed E-state index contributed by atoms with van der Waals surface area (Å²) in [6.07, 6.45) is -0.885. The summed E-state index contributed by atoms with van der Waals surface area (Å²) in [5.41, 5.74) is 4.35. The van der Waals surface area contributed by atoms with Gasteiger partial charge in [-0.3, -0.25) is 10.2 Å². The van der Waals surface area contributed by atoms with Crippen molar-refractivity contribution in [2.24, 2.45) is 0 Å². The summed E-state index contributed by atoms with van der Waals surface area (Å²) in [7, 11) is 0. The van der Waals surface area contributed by atoms with Gasteiger partial charge >= 0.3 is 12.1 Å². The van der Waals surface area contributed by atoms with Gasteiger partial charge in [0.1, 0.15) is 12.1 Å². The number of amides is 1. The highest BCUT2D eigenvalue weighted by molar-refractivity contribution is 5.79. The predicted molar refractivity (Wildman–Crippen MR) is 92.4 cm³/mol. The van der Waals surface area contributed by atoms with Crippen molar-refractivity contribution in [1.29, 1.82) is 0 Å². The lowest BCUT2D eigenvalue weighted by Gasteiger charge is -2.26. The van der Waals surface area contributed by atoms with Crippen LogP contribution in [0.4, 0.5) is 4.79 Å². The maximum atomic E-state index is 11.8. The number of hydrazine groups is 1. The first-order chi connectivity index (χ1) is 12.3. The number of nitrogens with one attached hydrogen (secondary N) is 2. The van der Waals surface area contributed by atoms with E-state index in [1.807, 2.05) is 18.2 Å². The van der Waals surface area contributed by atoms with Crippen LogP contribution >= 0.6 is 0 Å². The number of carbonyl (C=O) groups excluding carboxylic acids is 1. The summed E-state index contributed by atoms with van der Waals surface area (Å²) in [4.78, 5) is 23.4. The molecule has 138 valence electrons. The standard InChI is InChI=1S/C18H20N2O6/c1-18(16(23)24,10-13-7-8-14(21)15(22)9-13)20-19-17(25)26-11-12-5-3-2-4-6-12/h2-9,20-22H,10-11H2,1H3,(H,19,25)(H,23,24). The fraction of sp³-hybridized carbons (Fsp3) is 0.222. The number of aliphatic carboxylic acids is 1. The first kappa shape index (κ1) is 19.1. The molecule has 0 saturated heterocycles. The Morgan fingerprint density at radius 1 is 1.04 bits per heavy atom. The molecule has 2 aromatic carbocycles. The first-order valence-electron chi connectivity index (χ1n) is 7.78. The maximum Gasteiger partial charge on any atom is 0.421 e. The minimum absolute atomic E-state index is 0.0456. The molecule has 0 spiro atoms. The lowest BCUT2D eigenvalue weighted by atomic mass is 9.93. The third-order valence-corrected chi connectivity index (χ3v) is 3.72. The predicted octanol–water partition coefficient (Wildman–Crippen LogP) is 1.91. The molecular formula is C18H20N2O6. The highest BCUT2D eigenvalue weighted by atomic mass is 16.6. The lowest BCUT2D eigenvalue weighted by Crippen LogP contribution is -2.58. The molecule has 26 heavy (non-hydrogen) atoms. The summed E-state index contributed by atoms with van der Waals surface area (Å²) >= 11 is 0. The fourth-order valence-electron chi connectivity index (χ4n) is 2.21. The van der Waals surface area contributed by atoms with Crippen molar-refractivity contribution < 1.29 is 29.6 Å². The molecule has 1 amide bonds. The number of ether oxygens (including phenoxy) is 1. The Hall–Kier alpha value is -3.26. The Morgan fingerprint density at radius 2 is 1.73 bits per heavy atom. The van der Waals surface area contributed by atoms with E-state index in [4.69, 9.17) is 4.74 Å². The SMILES string of the molecule is CC(Cc1ccc(O)c(O)c1)(NNC(=O)OCc1ccccc1)C(=O)O. The minimum Gasteiger partial charge on any atom is -0.504 e. The van der Waals surface area contributed by atoms with E-state index in [0.717, 1.165) is 5.56 Å². The molecule has 0 aliphatic heterocycles. The van der Waals surface area contributed by atoms with Gasteiger partial charge in [0.25, 0.3) is 0 Å². The Bertz CT molecular complexity index is 781. The largest absolute Gasteiger partial charge is 0.504 e. The number of aromatic hydroxyl groups is 2. The molecule has 2 rings (SSSR count).